The third-order valence-corrected chi connectivity index (χ3v) is 4.48. The lowest BCUT2D eigenvalue weighted by Crippen LogP contribution is -2.24. The molecule has 114 valence electrons. The fourth-order valence-electron chi connectivity index (χ4n) is 3.01. The van der Waals surface area contributed by atoms with E-state index < -0.39 is 0 Å². The van der Waals surface area contributed by atoms with Crippen LogP contribution in [0.1, 0.15) is 38.2 Å². The number of methoxy groups -OCH3 is 1. The Kier molecular flexibility index (Phi) is 5.43. The number of hydrogen-bond donors (Lipinski definition) is 0. The summed E-state index contributed by atoms with van der Waals surface area (Å²) in [6.07, 6.45) is 5.46. The van der Waals surface area contributed by atoms with Crippen molar-refractivity contribution in [3.63, 3.8) is 0 Å². The highest BCUT2D eigenvalue weighted by Crippen LogP contribution is 2.30. The summed E-state index contributed by atoms with van der Waals surface area (Å²) in [7, 11) is 3.53. The van der Waals surface area contributed by atoms with Crippen LogP contribution in [-0.2, 0) is 16.0 Å². The van der Waals surface area contributed by atoms with Crippen LogP contribution in [0.2, 0.25) is 0 Å². The van der Waals surface area contributed by atoms with Gasteiger partial charge < -0.3 is 9.64 Å². The van der Waals surface area contributed by atoms with Gasteiger partial charge in [-0.3, -0.25) is 0 Å². The lowest BCUT2D eigenvalue weighted by atomic mass is 10.0. The average Bonchev–Trinajstić information content (AvgIpc) is 2.80. The van der Waals surface area contributed by atoms with E-state index in [1.165, 1.54) is 25.5 Å². The molecule has 0 saturated carbocycles. The second kappa shape index (κ2) is 7.30. The van der Waals surface area contributed by atoms with E-state index in [9.17, 15) is 4.79 Å². The molecule has 1 aliphatic heterocycles. The first-order valence-corrected chi connectivity index (χ1v) is 7.68. The molecule has 1 aromatic carbocycles. The standard InChI is InChI=1S/C18H25NO2/c1-14-17(18(20)21-3)13-16(19(14)2)12-8-7-11-15-9-5-4-6-10-15/h4-6,9-10,16H,7-8,11-13H2,1-3H3. The summed E-state index contributed by atoms with van der Waals surface area (Å²) < 4.78 is 4.86. The minimum absolute atomic E-state index is 0.175. The molecule has 2 rings (SSSR count). The van der Waals surface area contributed by atoms with E-state index in [4.69, 9.17) is 4.74 Å². The van der Waals surface area contributed by atoms with Crippen molar-refractivity contribution in [1.29, 1.82) is 0 Å². The number of aryl methyl sites for hydroxylation is 1. The van der Waals surface area contributed by atoms with Crippen LogP contribution in [0.15, 0.2) is 41.6 Å². The molecule has 1 unspecified atom stereocenters. The molecule has 0 amide bonds. The number of hydrogen-bond acceptors (Lipinski definition) is 3. The Balaban J connectivity index is 1.77. The maximum Gasteiger partial charge on any atom is 0.335 e. The third kappa shape index (κ3) is 3.87. The average molecular weight is 287 g/mol. The summed E-state index contributed by atoms with van der Waals surface area (Å²) in [4.78, 5) is 14.0. The van der Waals surface area contributed by atoms with Gasteiger partial charge in [-0.05, 0) is 31.7 Å². The predicted molar refractivity (Wildman–Crippen MR) is 84.9 cm³/mol. The Hall–Kier alpha value is -1.77. The van der Waals surface area contributed by atoms with Crippen LogP contribution in [0.5, 0.6) is 0 Å². The van der Waals surface area contributed by atoms with Gasteiger partial charge in [0.1, 0.15) is 0 Å². The molecule has 0 aliphatic carbocycles. The Bertz CT molecular complexity index is 507. The predicted octanol–water partition coefficient (Wildman–Crippen LogP) is 3.55. The summed E-state index contributed by atoms with van der Waals surface area (Å²) in [6, 6.07) is 11.0. The van der Waals surface area contributed by atoms with Gasteiger partial charge in [0.25, 0.3) is 0 Å². The van der Waals surface area contributed by atoms with E-state index in [0.29, 0.717) is 6.04 Å². The summed E-state index contributed by atoms with van der Waals surface area (Å²) >= 11 is 0. The maximum absolute atomic E-state index is 11.7. The lowest BCUT2D eigenvalue weighted by molar-refractivity contribution is -0.136. The van der Waals surface area contributed by atoms with Crippen molar-refractivity contribution >= 4 is 5.97 Å². The number of esters is 1. The Labute approximate surface area is 127 Å². The normalized spacial score (nSPS) is 18.2. The minimum atomic E-state index is -0.175. The van der Waals surface area contributed by atoms with Gasteiger partial charge in [0.15, 0.2) is 0 Å². The minimum Gasteiger partial charge on any atom is -0.466 e. The smallest absolute Gasteiger partial charge is 0.335 e. The third-order valence-electron chi connectivity index (χ3n) is 4.48. The zero-order valence-corrected chi connectivity index (χ0v) is 13.3. The summed E-state index contributed by atoms with van der Waals surface area (Å²) in [5.41, 5.74) is 3.31. The van der Waals surface area contributed by atoms with E-state index in [1.54, 1.807) is 0 Å². The molecule has 0 N–H and O–H groups in total. The van der Waals surface area contributed by atoms with Gasteiger partial charge in [0.2, 0.25) is 0 Å². The molecule has 1 atom stereocenters. The Morgan fingerprint density at radius 3 is 2.67 bits per heavy atom. The topological polar surface area (TPSA) is 29.5 Å². The number of carbonyl (C=O) groups is 1. The van der Waals surface area contributed by atoms with Gasteiger partial charge in [-0.2, -0.15) is 0 Å². The van der Waals surface area contributed by atoms with Crippen molar-refractivity contribution in [3.8, 4) is 0 Å². The van der Waals surface area contributed by atoms with Crippen LogP contribution in [0.25, 0.3) is 0 Å². The molecule has 1 heterocycles. The van der Waals surface area contributed by atoms with Crippen LogP contribution in [-0.4, -0.2) is 31.1 Å². The zero-order valence-electron chi connectivity index (χ0n) is 13.3. The van der Waals surface area contributed by atoms with Crippen molar-refractivity contribution in [1.82, 2.24) is 4.90 Å². The molecule has 0 spiro atoms. The van der Waals surface area contributed by atoms with Crippen molar-refractivity contribution in [2.24, 2.45) is 0 Å². The van der Waals surface area contributed by atoms with Gasteiger partial charge in [-0.1, -0.05) is 36.8 Å². The van der Waals surface area contributed by atoms with Crippen molar-refractivity contribution in [2.75, 3.05) is 14.2 Å². The first-order valence-electron chi connectivity index (χ1n) is 7.68. The molecule has 0 bridgehead atoms. The highest BCUT2D eigenvalue weighted by Gasteiger charge is 2.30. The molecule has 0 radical (unpaired) electrons. The van der Waals surface area contributed by atoms with Crippen LogP contribution in [0, 0.1) is 0 Å². The number of carbonyl (C=O) groups excluding carboxylic acids is 1. The van der Waals surface area contributed by atoms with Crippen LogP contribution in [0.3, 0.4) is 0 Å². The maximum atomic E-state index is 11.7. The molecular formula is C18H25NO2. The summed E-state index contributed by atoms with van der Waals surface area (Å²) in [5.74, 6) is -0.175. The SMILES string of the molecule is COC(=O)C1=C(C)N(C)C(CCCCc2ccccc2)C1. The van der Waals surface area contributed by atoms with Gasteiger partial charge in [0, 0.05) is 25.2 Å². The highest BCUT2D eigenvalue weighted by molar-refractivity contribution is 5.89. The first-order chi connectivity index (χ1) is 10.1. The number of unbranched alkanes of at least 4 members (excludes halogenated alkanes) is 1. The van der Waals surface area contributed by atoms with Gasteiger partial charge in [-0.15, -0.1) is 0 Å². The monoisotopic (exact) mass is 287 g/mol. The highest BCUT2D eigenvalue weighted by atomic mass is 16.5. The fourth-order valence-corrected chi connectivity index (χ4v) is 3.01. The second-order valence-electron chi connectivity index (χ2n) is 5.76. The van der Waals surface area contributed by atoms with E-state index in [1.807, 2.05) is 6.92 Å². The molecule has 1 aliphatic rings. The molecule has 0 saturated heterocycles. The molecule has 0 fully saturated rings. The lowest BCUT2D eigenvalue weighted by Gasteiger charge is -2.23. The van der Waals surface area contributed by atoms with Crippen molar-refractivity contribution in [3.05, 3.63) is 47.2 Å². The molecule has 3 nitrogen and oxygen atoms in total. The quantitative estimate of drug-likeness (QED) is 0.592. The van der Waals surface area contributed by atoms with E-state index >= 15 is 0 Å². The number of ether oxygens (including phenoxy) is 1. The number of benzene rings is 1. The van der Waals surface area contributed by atoms with E-state index in [-0.39, 0.29) is 5.97 Å². The van der Waals surface area contributed by atoms with Crippen LogP contribution in [0.4, 0.5) is 0 Å². The van der Waals surface area contributed by atoms with Gasteiger partial charge in [-0.25, -0.2) is 4.79 Å². The van der Waals surface area contributed by atoms with Crippen LogP contribution >= 0.6 is 0 Å². The largest absolute Gasteiger partial charge is 0.466 e. The molecule has 3 heteroatoms. The first kappa shape index (κ1) is 15.6. The van der Waals surface area contributed by atoms with E-state index in [0.717, 1.165) is 30.5 Å². The fraction of sp³-hybridized carbons (Fsp3) is 0.500. The summed E-state index contributed by atoms with van der Waals surface area (Å²) in [5, 5.41) is 0. The Morgan fingerprint density at radius 2 is 2.00 bits per heavy atom. The number of rotatable bonds is 6. The molecule has 0 aromatic heterocycles. The Morgan fingerprint density at radius 1 is 1.29 bits per heavy atom. The number of nitrogens with zero attached hydrogens (tertiary/aromatic N) is 1. The summed E-state index contributed by atoms with van der Waals surface area (Å²) in [6.45, 7) is 2.01. The molecule has 1 aromatic rings. The van der Waals surface area contributed by atoms with Crippen molar-refractivity contribution < 1.29 is 9.53 Å². The zero-order chi connectivity index (χ0) is 15.2. The molecular weight excluding hydrogens is 262 g/mol. The van der Waals surface area contributed by atoms with Gasteiger partial charge >= 0.3 is 5.97 Å². The van der Waals surface area contributed by atoms with Crippen molar-refractivity contribution in [2.45, 2.75) is 45.1 Å². The number of allylic oxidation sites excluding steroid dienone is 1. The second-order valence-corrected chi connectivity index (χ2v) is 5.76. The van der Waals surface area contributed by atoms with Gasteiger partial charge in [0.05, 0.1) is 12.7 Å². The van der Waals surface area contributed by atoms with Crippen LogP contribution < -0.4 is 0 Å². The van der Waals surface area contributed by atoms with E-state index in [2.05, 4.69) is 42.3 Å². The molecule has 21 heavy (non-hydrogen) atoms.